The van der Waals surface area contributed by atoms with Gasteiger partial charge < -0.3 is 0 Å². The molecule has 0 radical (unpaired) electrons. The molecule has 0 bridgehead atoms. The van der Waals surface area contributed by atoms with E-state index in [1.54, 1.807) is 12.1 Å². The van der Waals surface area contributed by atoms with E-state index in [0.29, 0.717) is 16.1 Å². The Kier molecular flexibility index (Phi) is 2.99. The average molecular weight is 308 g/mol. The lowest BCUT2D eigenvalue weighted by Gasteiger charge is -2.04. The van der Waals surface area contributed by atoms with Crippen molar-refractivity contribution in [2.75, 3.05) is 0 Å². The smallest absolute Gasteiger partial charge is 0.199 e. The van der Waals surface area contributed by atoms with Crippen LogP contribution in [0.5, 0.6) is 0 Å². The summed E-state index contributed by atoms with van der Waals surface area (Å²) in [5, 5.41) is 8.12. The maximum atomic E-state index is 12.5. The van der Waals surface area contributed by atoms with Gasteiger partial charge in [-0.25, -0.2) is 0 Å². The Balaban J connectivity index is 2.21. The van der Waals surface area contributed by atoms with Crippen molar-refractivity contribution < 1.29 is 8.42 Å². The van der Waals surface area contributed by atoms with E-state index in [0.717, 1.165) is 9.65 Å². The zero-order valence-electron chi connectivity index (χ0n) is 10.5. The second kappa shape index (κ2) is 4.57. The number of benzene rings is 2. The molecule has 0 saturated heterocycles. The minimum Gasteiger partial charge on any atom is -0.199 e. The molecule has 1 heterocycles. The molecular weight excluding hydrogens is 298 g/mol. The minimum atomic E-state index is -3.77. The van der Waals surface area contributed by atoms with E-state index < -0.39 is 10.0 Å². The molecule has 0 N–H and O–H groups in total. The molecule has 0 saturated carbocycles. The van der Waals surface area contributed by atoms with E-state index in [-0.39, 0.29) is 4.90 Å². The maximum absolute atomic E-state index is 12.5. The van der Waals surface area contributed by atoms with Gasteiger partial charge in [0.2, 0.25) is 0 Å². The fraction of sp³-hybridized carbons (Fsp3) is 0.0769. The van der Waals surface area contributed by atoms with Gasteiger partial charge in [0.05, 0.1) is 4.90 Å². The van der Waals surface area contributed by atoms with Crippen LogP contribution in [-0.2, 0) is 10.0 Å². The topological polar surface area (TPSA) is 64.8 Å². The first-order chi connectivity index (χ1) is 9.48. The monoisotopic (exact) mass is 307 g/mol. The Hall–Kier alpha value is -1.92. The summed E-state index contributed by atoms with van der Waals surface area (Å²) in [5.74, 6) is 0. The van der Waals surface area contributed by atoms with Crippen LogP contribution in [0.1, 0.15) is 5.56 Å². The Labute approximate surface area is 120 Å². The van der Waals surface area contributed by atoms with Crippen LogP contribution in [0.4, 0.5) is 0 Å². The quantitative estimate of drug-likeness (QED) is 0.730. The van der Waals surface area contributed by atoms with Crippen LogP contribution >= 0.6 is 11.6 Å². The number of hydrogen-bond acceptors (Lipinski definition) is 4. The Bertz CT molecular complexity index is 886. The van der Waals surface area contributed by atoms with E-state index in [4.69, 9.17) is 11.6 Å². The number of aryl methyl sites for hydroxylation is 1. The summed E-state index contributed by atoms with van der Waals surface area (Å²) in [6.45, 7) is 1.91. The lowest BCUT2D eigenvalue weighted by Crippen LogP contribution is -2.14. The molecule has 20 heavy (non-hydrogen) atoms. The molecule has 0 aliphatic heterocycles. The zero-order chi connectivity index (χ0) is 14.3. The van der Waals surface area contributed by atoms with Crippen molar-refractivity contribution in [1.29, 1.82) is 0 Å². The fourth-order valence-corrected chi connectivity index (χ4v) is 3.25. The van der Waals surface area contributed by atoms with Gasteiger partial charge in [0, 0.05) is 5.02 Å². The number of fused-ring (bicyclic) bond motifs is 1. The van der Waals surface area contributed by atoms with Gasteiger partial charge in [0.15, 0.2) is 0 Å². The van der Waals surface area contributed by atoms with Crippen molar-refractivity contribution in [2.45, 2.75) is 11.8 Å². The number of rotatable bonds is 2. The lowest BCUT2D eigenvalue weighted by molar-refractivity contribution is 0.579. The number of aromatic nitrogens is 3. The van der Waals surface area contributed by atoms with Crippen molar-refractivity contribution in [3.63, 3.8) is 0 Å². The standard InChI is InChI=1S/C13H10ClN3O2S/c1-9-2-7-13-12(8-9)15-16-17(13)20(18,19)11-5-3-10(14)4-6-11/h2-8H,1H3. The highest BCUT2D eigenvalue weighted by Crippen LogP contribution is 2.20. The predicted molar refractivity (Wildman–Crippen MR) is 76.3 cm³/mol. The SMILES string of the molecule is Cc1ccc2c(c1)nnn2S(=O)(=O)c1ccc(Cl)cc1. The molecule has 7 heteroatoms. The Morgan fingerprint density at radius 2 is 1.80 bits per heavy atom. The van der Waals surface area contributed by atoms with Crippen LogP contribution in [0.2, 0.25) is 5.02 Å². The first kappa shape index (κ1) is 13.1. The molecule has 0 aliphatic rings. The van der Waals surface area contributed by atoms with Gasteiger partial charge >= 0.3 is 0 Å². The maximum Gasteiger partial charge on any atom is 0.284 e. The largest absolute Gasteiger partial charge is 0.284 e. The van der Waals surface area contributed by atoms with Crippen LogP contribution < -0.4 is 0 Å². The summed E-state index contributed by atoms with van der Waals surface area (Å²) in [4.78, 5) is 0.120. The summed E-state index contributed by atoms with van der Waals surface area (Å²) in [6.07, 6.45) is 0. The van der Waals surface area contributed by atoms with Gasteiger partial charge in [-0.1, -0.05) is 22.9 Å². The first-order valence-electron chi connectivity index (χ1n) is 5.82. The summed E-state index contributed by atoms with van der Waals surface area (Å²) in [5.41, 5.74) is 1.99. The van der Waals surface area contributed by atoms with E-state index in [9.17, 15) is 8.42 Å². The second-order valence-electron chi connectivity index (χ2n) is 4.38. The van der Waals surface area contributed by atoms with Crippen LogP contribution in [-0.4, -0.2) is 22.8 Å². The van der Waals surface area contributed by atoms with Crippen LogP contribution in [0.3, 0.4) is 0 Å². The van der Waals surface area contributed by atoms with Crippen LogP contribution in [0.25, 0.3) is 11.0 Å². The molecule has 0 fully saturated rings. The minimum absolute atomic E-state index is 0.120. The van der Waals surface area contributed by atoms with Crippen LogP contribution in [0, 0.1) is 6.92 Å². The van der Waals surface area contributed by atoms with Crippen LogP contribution in [0.15, 0.2) is 47.4 Å². The van der Waals surface area contributed by atoms with Crippen molar-refractivity contribution in [1.82, 2.24) is 14.4 Å². The molecule has 102 valence electrons. The van der Waals surface area contributed by atoms with Gasteiger partial charge in [0.1, 0.15) is 11.0 Å². The number of halogens is 1. The van der Waals surface area contributed by atoms with Crippen molar-refractivity contribution >= 4 is 32.7 Å². The third kappa shape index (κ3) is 2.07. The van der Waals surface area contributed by atoms with Crippen molar-refractivity contribution in [3.8, 4) is 0 Å². The normalized spacial score (nSPS) is 11.9. The van der Waals surface area contributed by atoms with Gasteiger partial charge in [0.25, 0.3) is 10.0 Å². The molecule has 0 spiro atoms. The van der Waals surface area contributed by atoms with Gasteiger partial charge in [-0.05, 0) is 48.9 Å². The summed E-state index contributed by atoms with van der Waals surface area (Å²) < 4.78 is 26.0. The average Bonchev–Trinajstić information content (AvgIpc) is 2.82. The van der Waals surface area contributed by atoms with E-state index in [2.05, 4.69) is 10.3 Å². The highest BCUT2D eigenvalue weighted by Gasteiger charge is 2.21. The van der Waals surface area contributed by atoms with Crippen molar-refractivity contribution in [2.24, 2.45) is 0 Å². The van der Waals surface area contributed by atoms with Gasteiger partial charge in [-0.15, -0.1) is 9.19 Å². The summed E-state index contributed by atoms with van der Waals surface area (Å²) >= 11 is 5.77. The molecule has 0 unspecified atom stereocenters. The molecule has 5 nitrogen and oxygen atoms in total. The van der Waals surface area contributed by atoms with Gasteiger partial charge in [-0.2, -0.15) is 8.42 Å². The predicted octanol–water partition coefficient (Wildman–Crippen LogP) is 2.63. The highest BCUT2D eigenvalue weighted by molar-refractivity contribution is 7.90. The number of hydrogen-bond donors (Lipinski definition) is 0. The second-order valence-corrected chi connectivity index (χ2v) is 6.59. The number of nitrogens with zero attached hydrogens (tertiary/aromatic N) is 3. The Morgan fingerprint density at radius 1 is 1.10 bits per heavy atom. The third-order valence-electron chi connectivity index (χ3n) is 2.91. The Morgan fingerprint density at radius 3 is 2.50 bits per heavy atom. The molecule has 3 aromatic rings. The molecule has 0 amide bonds. The molecule has 0 aliphatic carbocycles. The molecule has 2 aromatic carbocycles. The third-order valence-corrected chi connectivity index (χ3v) is 4.75. The molecule has 1 aromatic heterocycles. The van der Waals surface area contributed by atoms with E-state index >= 15 is 0 Å². The lowest BCUT2D eigenvalue weighted by atomic mass is 10.2. The summed E-state index contributed by atoms with van der Waals surface area (Å²) in [7, 11) is -3.77. The molecular formula is C13H10ClN3O2S. The summed E-state index contributed by atoms with van der Waals surface area (Å²) in [6, 6.07) is 11.2. The fourth-order valence-electron chi connectivity index (χ4n) is 1.90. The van der Waals surface area contributed by atoms with E-state index in [1.165, 1.54) is 24.3 Å². The van der Waals surface area contributed by atoms with Crippen molar-refractivity contribution in [3.05, 3.63) is 53.1 Å². The van der Waals surface area contributed by atoms with Gasteiger partial charge in [-0.3, -0.25) is 0 Å². The zero-order valence-corrected chi connectivity index (χ0v) is 12.1. The van der Waals surface area contributed by atoms with E-state index in [1.807, 2.05) is 13.0 Å². The highest BCUT2D eigenvalue weighted by atomic mass is 35.5. The molecule has 3 rings (SSSR count). The first-order valence-corrected chi connectivity index (χ1v) is 7.63. The molecule has 0 atom stereocenters.